The van der Waals surface area contributed by atoms with Gasteiger partial charge < -0.3 is 16.0 Å². The van der Waals surface area contributed by atoms with Crippen molar-refractivity contribution >= 4 is 34.8 Å². The van der Waals surface area contributed by atoms with Crippen LogP contribution >= 0.6 is 0 Å². The van der Waals surface area contributed by atoms with E-state index < -0.39 is 0 Å². The predicted octanol–water partition coefficient (Wildman–Crippen LogP) is 3.70. The molecule has 136 valence electrons. The SMILES string of the molecule is CC(=O)Nc1cccc(Nc2ccc(NC(=O)C3CCCCC3)nn2)c1. The number of rotatable bonds is 5. The molecule has 0 bridgehead atoms. The molecule has 3 N–H and O–H groups in total. The van der Waals surface area contributed by atoms with Crippen LogP contribution in [0, 0.1) is 5.92 Å². The van der Waals surface area contributed by atoms with Gasteiger partial charge in [0.15, 0.2) is 11.6 Å². The fourth-order valence-electron chi connectivity index (χ4n) is 3.08. The van der Waals surface area contributed by atoms with Crippen LogP contribution in [0.5, 0.6) is 0 Å². The van der Waals surface area contributed by atoms with Gasteiger partial charge in [0.05, 0.1) is 0 Å². The van der Waals surface area contributed by atoms with Crippen LogP contribution in [0.15, 0.2) is 36.4 Å². The molecule has 0 radical (unpaired) electrons. The van der Waals surface area contributed by atoms with Crippen LogP contribution in [0.25, 0.3) is 0 Å². The molecule has 1 aromatic heterocycles. The normalized spacial score (nSPS) is 14.5. The van der Waals surface area contributed by atoms with Gasteiger partial charge in [-0.2, -0.15) is 0 Å². The molecule has 1 saturated carbocycles. The summed E-state index contributed by atoms with van der Waals surface area (Å²) in [6, 6.07) is 10.8. The monoisotopic (exact) mass is 353 g/mol. The summed E-state index contributed by atoms with van der Waals surface area (Å²) in [5.41, 5.74) is 1.48. The third kappa shape index (κ3) is 5.02. The minimum absolute atomic E-state index is 0.0303. The molecule has 1 aliphatic rings. The Hall–Kier alpha value is -2.96. The van der Waals surface area contributed by atoms with Crippen LogP contribution < -0.4 is 16.0 Å². The molecule has 1 aromatic carbocycles. The Labute approximate surface area is 152 Å². The Kier molecular flexibility index (Phi) is 5.78. The molecule has 0 atom stereocenters. The average Bonchev–Trinajstić information content (AvgIpc) is 2.64. The number of amides is 2. The van der Waals surface area contributed by atoms with Crippen molar-refractivity contribution in [3.8, 4) is 0 Å². The Balaban J connectivity index is 1.59. The van der Waals surface area contributed by atoms with Crippen LogP contribution in [0.2, 0.25) is 0 Å². The van der Waals surface area contributed by atoms with Crippen LogP contribution in [0.1, 0.15) is 39.0 Å². The molecule has 1 aliphatic carbocycles. The molecule has 2 amide bonds. The zero-order chi connectivity index (χ0) is 18.4. The zero-order valence-electron chi connectivity index (χ0n) is 14.8. The Bertz CT molecular complexity index is 770. The van der Waals surface area contributed by atoms with Crippen molar-refractivity contribution in [1.29, 1.82) is 0 Å². The van der Waals surface area contributed by atoms with Crippen molar-refractivity contribution in [1.82, 2.24) is 10.2 Å². The van der Waals surface area contributed by atoms with E-state index in [0.29, 0.717) is 17.3 Å². The van der Waals surface area contributed by atoms with Gasteiger partial charge in [-0.05, 0) is 43.2 Å². The van der Waals surface area contributed by atoms with Gasteiger partial charge in [0.2, 0.25) is 11.8 Å². The smallest absolute Gasteiger partial charge is 0.228 e. The third-order valence-corrected chi connectivity index (χ3v) is 4.35. The van der Waals surface area contributed by atoms with E-state index >= 15 is 0 Å². The topological polar surface area (TPSA) is 96.0 Å². The van der Waals surface area contributed by atoms with Crippen molar-refractivity contribution in [3.63, 3.8) is 0 Å². The highest BCUT2D eigenvalue weighted by atomic mass is 16.2. The maximum absolute atomic E-state index is 12.2. The summed E-state index contributed by atoms with van der Waals surface area (Å²) in [5, 5.41) is 16.9. The van der Waals surface area contributed by atoms with Gasteiger partial charge in [0.1, 0.15) is 0 Å². The Morgan fingerprint density at radius 1 is 0.923 bits per heavy atom. The number of benzene rings is 1. The molecule has 26 heavy (non-hydrogen) atoms. The highest BCUT2D eigenvalue weighted by Gasteiger charge is 2.21. The standard InChI is InChI=1S/C19H23N5O2/c1-13(25)20-15-8-5-9-16(12-15)21-17-10-11-18(24-23-17)22-19(26)14-6-3-2-4-7-14/h5,8-12,14H,2-4,6-7H2,1H3,(H,20,25)(H,21,23)(H,22,24,26). The summed E-state index contributed by atoms with van der Waals surface area (Å²) < 4.78 is 0. The van der Waals surface area contributed by atoms with E-state index in [9.17, 15) is 9.59 Å². The van der Waals surface area contributed by atoms with Gasteiger partial charge in [-0.1, -0.05) is 25.3 Å². The molecule has 7 nitrogen and oxygen atoms in total. The maximum atomic E-state index is 12.2. The molecule has 2 aromatic rings. The van der Waals surface area contributed by atoms with Crippen LogP contribution in [-0.2, 0) is 9.59 Å². The minimum Gasteiger partial charge on any atom is -0.339 e. The predicted molar refractivity (Wildman–Crippen MR) is 101 cm³/mol. The van der Waals surface area contributed by atoms with Gasteiger partial charge in [-0.25, -0.2) is 0 Å². The van der Waals surface area contributed by atoms with Crippen molar-refractivity contribution in [2.75, 3.05) is 16.0 Å². The summed E-state index contributed by atoms with van der Waals surface area (Å²) in [6.45, 7) is 1.46. The second-order valence-electron chi connectivity index (χ2n) is 6.51. The van der Waals surface area contributed by atoms with E-state index in [0.717, 1.165) is 31.4 Å². The van der Waals surface area contributed by atoms with E-state index in [2.05, 4.69) is 26.1 Å². The quantitative estimate of drug-likeness (QED) is 0.762. The van der Waals surface area contributed by atoms with E-state index in [1.807, 2.05) is 24.3 Å². The highest BCUT2D eigenvalue weighted by Crippen LogP contribution is 2.25. The lowest BCUT2D eigenvalue weighted by Crippen LogP contribution is -2.25. The molecule has 1 fully saturated rings. The molecule has 7 heteroatoms. The molecule has 0 aliphatic heterocycles. The van der Waals surface area contributed by atoms with E-state index in [1.54, 1.807) is 12.1 Å². The van der Waals surface area contributed by atoms with Crippen molar-refractivity contribution < 1.29 is 9.59 Å². The number of hydrogen-bond donors (Lipinski definition) is 3. The van der Waals surface area contributed by atoms with Crippen molar-refractivity contribution in [3.05, 3.63) is 36.4 Å². The van der Waals surface area contributed by atoms with E-state index in [4.69, 9.17) is 0 Å². The van der Waals surface area contributed by atoms with Gasteiger partial charge >= 0.3 is 0 Å². The largest absolute Gasteiger partial charge is 0.339 e. The molecular weight excluding hydrogens is 330 g/mol. The lowest BCUT2D eigenvalue weighted by Gasteiger charge is -2.20. The molecule has 0 unspecified atom stereocenters. The first kappa shape index (κ1) is 17.8. The number of carbonyl (C=O) groups excluding carboxylic acids is 2. The minimum atomic E-state index is -0.125. The molecule has 3 rings (SSSR count). The lowest BCUT2D eigenvalue weighted by atomic mass is 9.89. The Morgan fingerprint density at radius 3 is 2.31 bits per heavy atom. The second-order valence-corrected chi connectivity index (χ2v) is 6.51. The third-order valence-electron chi connectivity index (χ3n) is 4.35. The van der Waals surface area contributed by atoms with Crippen LogP contribution in [-0.4, -0.2) is 22.0 Å². The first-order valence-electron chi connectivity index (χ1n) is 8.89. The lowest BCUT2D eigenvalue weighted by molar-refractivity contribution is -0.120. The fourth-order valence-corrected chi connectivity index (χ4v) is 3.08. The Morgan fingerprint density at radius 2 is 1.62 bits per heavy atom. The fraction of sp³-hybridized carbons (Fsp3) is 0.368. The second kappa shape index (κ2) is 8.42. The van der Waals surface area contributed by atoms with Crippen LogP contribution in [0.3, 0.4) is 0 Å². The number of hydrogen-bond acceptors (Lipinski definition) is 5. The maximum Gasteiger partial charge on any atom is 0.228 e. The summed E-state index contributed by atoms with van der Waals surface area (Å²) >= 11 is 0. The summed E-state index contributed by atoms with van der Waals surface area (Å²) in [4.78, 5) is 23.4. The van der Waals surface area contributed by atoms with E-state index in [1.165, 1.54) is 13.3 Å². The van der Waals surface area contributed by atoms with E-state index in [-0.39, 0.29) is 17.7 Å². The molecule has 0 spiro atoms. The highest BCUT2D eigenvalue weighted by molar-refractivity contribution is 5.91. The molecule has 1 heterocycles. The van der Waals surface area contributed by atoms with Gasteiger partial charge in [-0.15, -0.1) is 10.2 Å². The number of anilines is 4. The first-order chi connectivity index (χ1) is 12.6. The van der Waals surface area contributed by atoms with Gasteiger partial charge in [-0.3, -0.25) is 9.59 Å². The number of carbonyl (C=O) groups is 2. The van der Waals surface area contributed by atoms with Crippen molar-refractivity contribution in [2.24, 2.45) is 5.92 Å². The molecular formula is C19H23N5O2. The summed E-state index contributed by atoms with van der Waals surface area (Å²) in [7, 11) is 0. The molecule has 0 saturated heterocycles. The number of nitrogens with zero attached hydrogens (tertiary/aromatic N) is 2. The number of aromatic nitrogens is 2. The van der Waals surface area contributed by atoms with Gasteiger partial charge in [0.25, 0.3) is 0 Å². The van der Waals surface area contributed by atoms with Gasteiger partial charge in [0, 0.05) is 24.2 Å². The van der Waals surface area contributed by atoms with Crippen LogP contribution in [0.4, 0.5) is 23.0 Å². The first-order valence-corrected chi connectivity index (χ1v) is 8.89. The summed E-state index contributed by atoms with van der Waals surface area (Å²) in [6.07, 6.45) is 5.34. The van der Waals surface area contributed by atoms with Crippen molar-refractivity contribution in [2.45, 2.75) is 39.0 Å². The zero-order valence-corrected chi connectivity index (χ0v) is 14.8. The number of nitrogens with one attached hydrogen (secondary N) is 3. The summed E-state index contributed by atoms with van der Waals surface area (Å²) in [5.74, 6) is 1.00. The average molecular weight is 353 g/mol.